The van der Waals surface area contributed by atoms with E-state index in [9.17, 15) is 4.79 Å². The van der Waals surface area contributed by atoms with Crippen molar-refractivity contribution in [3.8, 4) is 0 Å². The van der Waals surface area contributed by atoms with Crippen LogP contribution in [0.1, 0.15) is 50.4 Å². The van der Waals surface area contributed by atoms with Gasteiger partial charge in [0.1, 0.15) is 6.10 Å². The molecule has 1 saturated heterocycles. The Bertz CT molecular complexity index is 525. The highest BCUT2D eigenvalue weighted by molar-refractivity contribution is 6.36. The summed E-state index contributed by atoms with van der Waals surface area (Å²) in [5.41, 5.74) is 0.359. The molecule has 1 aromatic rings. The van der Waals surface area contributed by atoms with E-state index in [4.69, 9.17) is 27.9 Å². The Morgan fingerprint density at radius 1 is 1.32 bits per heavy atom. The molecule has 0 radical (unpaired) electrons. The summed E-state index contributed by atoms with van der Waals surface area (Å²) in [5, 5.41) is 0.829. The summed E-state index contributed by atoms with van der Waals surface area (Å²) in [7, 11) is 0. The second-order valence-corrected chi connectivity index (χ2v) is 7.01. The van der Waals surface area contributed by atoms with Gasteiger partial charge in [-0.3, -0.25) is 4.90 Å². The van der Waals surface area contributed by atoms with Crippen LogP contribution in [0, 0.1) is 0 Å². The van der Waals surface area contributed by atoms with Crippen LogP contribution < -0.4 is 0 Å². The lowest BCUT2D eigenvalue weighted by atomic mass is 9.97. The van der Waals surface area contributed by atoms with Crippen LogP contribution in [0.5, 0.6) is 0 Å². The van der Waals surface area contributed by atoms with E-state index in [1.54, 1.807) is 18.2 Å². The average molecular weight is 344 g/mol. The highest BCUT2D eigenvalue weighted by Crippen LogP contribution is 2.24. The van der Waals surface area contributed by atoms with Crippen LogP contribution in [0.2, 0.25) is 10.0 Å². The van der Waals surface area contributed by atoms with E-state index in [1.807, 2.05) is 6.92 Å². The fourth-order valence-corrected chi connectivity index (χ4v) is 3.56. The van der Waals surface area contributed by atoms with Gasteiger partial charge < -0.3 is 4.74 Å². The summed E-state index contributed by atoms with van der Waals surface area (Å²) in [6.45, 7) is 7.15. The van der Waals surface area contributed by atoms with Crippen LogP contribution >= 0.6 is 23.2 Å². The van der Waals surface area contributed by atoms with E-state index in [2.05, 4.69) is 18.7 Å². The first-order chi connectivity index (χ1) is 10.4. The van der Waals surface area contributed by atoms with Gasteiger partial charge in [-0.05, 0) is 51.8 Å². The van der Waals surface area contributed by atoms with Crippen LogP contribution in [-0.4, -0.2) is 35.6 Å². The maximum absolute atomic E-state index is 12.2. The number of benzene rings is 1. The Balaban J connectivity index is 1.96. The van der Waals surface area contributed by atoms with Crippen LogP contribution in [0.25, 0.3) is 0 Å². The summed E-state index contributed by atoms with van der Waals surface area (Å²) >= 11 is 11.9. The summed E-state index contributed by atoms with van der Waals surface area (Å²) < 4.78 is 5.55. The molecule has 0 spiro atoms. The second kappa shape index (κ2) is 7.67. The minimum atomic E-state index is -0.397. The zero-order valence-electron chi connectivity index (χ0n) is 13.3. The van der Waals surface area contributed by atoms with Crippen LogP contribution in [-0.2, 0) is 4.74 Å². The number of carbonyl (C=O) groups excluding carboxylic acids is 1. The minimum absolute atomic E-state index is 0.178. The SMILES string of the molecule is C[C@@H]1CCC[C@H](C)N1C[C@H](C)OC(=O)c1ccc(Cl)cc1Cl. The molecular weight excluding hydrogens is 321 g/mol. The van der Waals surface area contributed by atoms with Crippen molar-refractivity contribution in [1.29, 1.82) is 0 Å². The lowest BCUT2D eigenvalue weighted by Crippen LogP contribution is -2.47. The topological polar surface area (TPSA) is 29.5 Å². The predicted octanol–water partition coefficient (Wildman–Crippen LogP) is 4.80. The maximum Gasteiger partial charge on any atom is 0.339 e. The van der Waals surface area contributed by atoms with Crippen molar-refractivity contribution in [2.45, 2.75) is 58.2 Å². The smallest absolute Gasteiger partial charge is 0.339 e. The van der Waals surface area contributed by atoms with Gasteiger partial charge in [0.25, 0.3) is 0 Å². The normalized spacial score (nSPS) is 24.0. The van der Waals surface area contributed by atoms with E-state index in [1.165, 1.54) is 19.3 Å². The molecule has 1 aliphatic rings. The zero-order valence-corrected chi connectivity index (χ0v) is 14.8. The molecule has 0 aliphatic carbocycles. The number of likely N-dealkylation sites (tertiary alicyclic amines) is 1. The molecule has 3 nitrogen and oxygen atoms in total. The first kappa shape index (κ1) is 17.6. The Hall–Kier alpha value is -0.770. The van der Waals surface area contributed by atoms with Crippen molar-refractivity contribution in [2.24, 2.45) is 0 Å². The zero-order chi connectivity index (χ0) is 16.3. The van der Waals surface area contributed by atoms with Gasteiger partial charge >= 0.3 is 5.97 Å². The summed E-state index contributed by atoms with van der Waals surface area (Å²) in [6, 6.07) is 5.86. The third-order valence-corrected chi connectivity index (χ3v) is 4.85. The van der Waals surface area contributed by atoms with Crippen molar-refractivity contribution < 1.29 is 9.53 Å². The summed E-state index contributed by atoms with van der Waals surface area (Å²) in [6.07, 6.45) is 3.50. The molecule has 3 atom stereocenters. The van der Waals surface area contributed by atoms with Gasteiger partial charge in [0, 0.05) is 23.7 Å². The Kier molecular flexibility index (Phi) is 6.13. The maximum atomic E-state index is 12.2. The molecule has 5 heteroatoms. The van der Waals surface area contributed by atoms with Crippen molar-refractivity contribution in [1.82, 2.24) is 4.90 Å². The van der Waals surface area contributed by atoms with E-state index < -0.39 is 5.97 Å². The van der Waals surface area contributed by atoms with Gasteiger partial charge in [-0.1, -0.05) is 29.6 Å². The molecule has 0 aromatic heterocycles. The highest BCUT2D eigenvalue weighted by Gasteiger charge is 2.27. The quantitative estimate of drug-likeness (QED) is 0.735. The highest BCUT2D eigenvalue weighted by atomic mass is 35.5. The third-order valence-electron chi connectivity index (χ3n) is 4.30. The Morgan fingerprint density at radius 2 is 1.95 bits per heavy atom. The molecule has 0 N–H and O–H groups in total. The average Bonchev–Trinajstić information content (AvgIpc) is 2.42. The molecule has 22 heavy (non-hydrogen) atoms. The number of halogens is 2. The van der Waals surface area contributed by atoms with E-state index in [0.717, 1.165) is 6.54 Å². The molecule has 0 unspecified atom stereocenters. The predicted molar refractivity (Wildman–Crippen MR) is 90.8 cm³/mol. The lowest BCUT2D eigenvalue weighted by molar-refractivity contribution is 0.00813. The molecule has 1 aromatic carbocycles. The largest absolute Gasteiger partial charge is 0.458 e. The van der Waals surface area contributed by atoms with E-state index >= 15 is 0 Å². The van der Waals surface area contributed by atoms with E-state index in [-0.39, 0.29) is 6.10 Å². The third kappa shape index (κ3) is 4.37. The van der Waals surface area contributed by atoms with E-state index in [0.29, 0.717) is 27.7 Å². The summed E-state index contributed by atoms with van der Waals surface area (Å²) in [4.78, 5) is 14.6. The first-order valence-corrected chi connectivity index (χ1v) is 8.56. The molecular formula is C17H23Cl2NO2. The van der Waals surface area contributed by atoms with Crippen LogP contribution in [0.4, 0.5) is 0 Å². The number of rotatable bonds is 4. The van der Waals surface area contributed by atoms with Gasteiger partial charge in [0.05, 0.1) is 10.6 Å². The van der Waals surface area contributed by atoms with Gasteiger partial charge in [0.15, 0.2) is 0 Å². The second-order valence-electron chi connectivity index (χ2n) is 6.17. The molecule has 122 valence electrons. The number of ether oxygens (including phenoxy) is 1. The molecule has 0 bridgehead atoms. The fourth-order valence-electron chi connectivity index (χ4n) is 3.07. The van der Waals surface area contributed by atoms with Crippen molar-refractivity contribution in [2.75, 3.05) is 6.54 Å². The summed E-state index contributed by atoms with van der Waals surface area (Å²) in [5.74, 6) is -0.397. The van der Waals surface area contributed by atoms with Gasteiger partial charge in [0.2, 0.25) is 0 Å². The first-order valence-electron chi connectivity index (χ1n) is 7.80. The number of piperidine rings is 1. The number of hydrogen-bond acceptors (Lipinski definition) is 3. The Labute approximate surface area is 142 Å². The number of nitrogens with zero attached hydrogens (tertiary/aromatic N) is 1. The van der Waals surface area contributed by atoms with Gasteiger partial charge in [-0.2, -0.15) is 0 Å². The standard InChI is InChI=1S/C17H23Cl2NO2/c1-11-5-4-6-12(2)20(11)10-13(3)22-17(21)15-8-7-14(18)9-16(15)19/h7-9,11-13H,4-6,10H2,1-3H3/t11-,12+,13-/m0/s1. The van der Waals surface area contributed by atoms with Crippen molar-refractivity contribution >= 4 is 29.2 Å². The van der Waals surface area contributed by atoms with Crippen molar-refractivity contribution in [3.63, 3.8) is 0 Å². The molecule has 2 rings (SSSR count). The lowest BCUT2D eigenvalue weighted by Gasteiger charge is -2.40. The van der Waals surface area contributed by atoms with Gasteiger partial charge in [-0.15, -0.1) is 0 Å². The fraction of sp³-hybridized carbons (Fsp3) is 0.588. The Morgan fingerprint density at radius 3 is 2.55 bits per heavy atom. The minimum Gasteiger partial charge on any atom is -0.458 e. The molecule has 1 fully saturated rings. The molecule has 1 aliphatic heterocycles. The monoisotopic (exact) mass is 343 g/mol. The molecule has 1 heterocycles. The van der Waals surface area contributed by atoms with Crippen LogP contribution in [0.3, 0.4) is 0 Å². The number of carbonyl (C=O) groups is 1. The van der Waals surface area contributed by atoms with Crippen molar-refractivity contribution in [3.05, 3.63) is 33.8 Å². The van der Waals surface area contributed by atoms with Gasteiger partial charge in [-0.25, -0.2) is 4.79 Å². The number of hydrogen-bond donors (Lipinski definition) is 0. The van der Waals surface area contributed by atoms with Crippen LogP contribution in [0.15, 0.2) is 18.2 Å². The molecule has 0 saturated carbocycles. The number of esters is 1. The molecule has 0 amide bonds.